The molecule has 1 N–H and O–H groups in total. The van der Waals surface area contributed by atoms with Gasteiger partial charge in [0.25, 0.3) is 0 Å². The van der Waals surface area contributed by atoms with Crippen molar-refractivity contribution < 1.29 is 17.9 Å². The third kappa shape index (κ3) is 3.50. The van der Waals surface area contributed by atoms with Crippen molar-refractivity contribution in [3.63, 3.8) is 0 Å². The molecule has 0 aromatic heterocycles. The number of nitrogens with zero attached hydrogens (tertiary/aromatic N) is 1. The highest BCUT2D eigenvalue weighted by molar-refractivity contribution is 7.88. The Hall–Kier alpha value is -1.60. The van der Waals surface area contributed by atoms with Crippen molar-refractivity contribution in [2.75, 3.05) is 19.4 Å². The topological polar surface area (TPSA) is 75.7 Å². The molecule has 2 aliphatic heterocycles. The molecule has 1 aromatic carbocycles. The Morgan fingerprint density at radius 3 is 2.83 bits per heavy atom. The van der Waals surface area contributed by atoms with Crippen LogP contribution in [0.15, 0.2) is 24.3 Å². The lowest BCUT2D eigenvalue weighted by molar-refractivity contribution is -0.126. The molecule has 0 radical (unpaired) electrons. The van der Waals surface area contributed by atoms with E-state index in [0.717, 1.165) is 24.2 Å². The minimum Gasteiger partial charge on any atom is -0.493 e. The molecule has 2 aliphatic rings. The fraction of sp³-hybridized carbons (Fsp3) is 0.562. The summed E-state index contributed by atoms with van der Waals surface area (Å²) in [6.45, 7) is 0.962. The normalized spacial score (nSPS) is 25.3. The van der Waals surface area contributed by atoms with Gasteiger partial charge in [-0.2, -0.15) is 4.31 Å². The summed E-state index contributed by atoms with van der Waals surface area (Å²) >= 11 is 0. The molecule has 6 nitrogen and oxygen atoms in total. The Morgan fingerprint density at radius 2 is 2.04 bits per heavy atom. The molecule has 1 saturated heterocycles. The number of piperidine rings is 1. The standard InChI is InChI=1S/C16H22N2O4S/c1-23(20,21)18-10-5-4-7-14(18)16(19)17-13-9-11-22-15-8-3-2-6-12(13)15/h2-3,6,8,13-14H,4-5,7,9-11H2,1H3,(H,17,19)/t13-,14+/m0/s1. The van der Waals surface area contributed by atoms with Gasteiger partial charge < -0.3 is 10.1 Å². The summed E-state index contributed by atoms with van der Waals surface area (Å²) in [6.07, 6.45) is 4.10. The molecule has 2 atom stereocenters. The number of hydrogen-bond donors (Lipinski definition) is 1. The second kappa shape index (κ2) is 6.49. The van der Waals surface area contributed by atoms with Crippen molar-refractivity contribution in [1.82, 2.24) is 9.62 Å². The van der Waals surface area contributed by atoms with Gasteiger partial charge >= 0.3 is 0 Å². The fourth-order valence-corrected chi connectivity index (χ4v) is 4.45. The number of fused-ring (bicyclic) bond motifs is 1. The Labute approximate surface area is 136 Å². The van der Waals surface area contributed by atoms with Crippen LogP contribution >= 0.6 is 0 Å². The number of para-hydroxylation sites is 1. The number of carbonyl (C=O) groups is 1. The minimum atomic E-state index is -3.37. The third-order valence-corrected chi connectivity index (χ3v) is 5.75. The van der Waals surface area contributed by atoms with E-state index in [0.29, 0.717) is 26.0 Å². The maximum atomic E-state index is 12.7. The molecular formula is C16H22N2O4S. The highest BCUT2D eigenvalue weighted by Crippen LogP contribution is 2.32. The van der Waals surface area contributed by atoms with E-state index in [2.05, 4.69) is 5.32 Å². The van der Waals surface area contributed by atoms with Crippen LogP contribution in [-0.2, 0) is 14.8 Å². The number of ether oxygens (including phenoxy) is 1. The quantitative estimate of drug-likeness (QED) is 0.905. The van der Waals surface area contributed by atoms with Gasteiger partial charge in [-0.3, -0.25) is 4.79 Å². The number of nitrogens with one attached hydrogen (secondary N) is 1. The first-order chi connectivity index (χ1) is 11.0. The minimum absolute atomic E-state index is 0.129. The summed E-state index contributed by atoms with van der Waals surface area (Å²) in [5.74, 6) is 0.574. The Bertz CT molecular complexity index is 689. The molecule has 7 heteroatoms. The second-order valence-corrected chi connectivity index (χ2v) is 8.06. The summed E-state index contributed by atoms with van der Waals surface area (Å²) in [5, 5.41) is 3.02. The first-order valence-electron chi connectivity index (χ1n) is 7.96. The monoisotopic (exact) mass is 338 g/mol. The van der Waals surface area contributed by atoms with Crippen LogP contribution in [0.2, 0.25) is 0 Å². The molecule has 0 unspecified atom stereocenters. The van der Waals surface area contributed by atoms with Gasteiger partial charge in [-0.15, -0.1) is 0 Å². The van der Waals surface area contributed by atoms with Crippen molar-refractivity contribution in [2.24, 2.45) is 0 Å². The zero-order valence-electron chi connectivity index (χ0n) is 13.2. The van der Waals surface area contributed by atoms with Gasteiger partial charge in [-0.25, -0.2) is 8.42 Å². The molecule has 3 rings (SSSR count). The maximum Gasteiger partial charge on any atom is 0.238 e. The van der Waals surface area contributed by atoms with E-state index in [1.54, 1.807) is 0 Å². The first-order valence-corrected chi connectivity index (χ1v) is 9.80. The van der Waals surface area contributed by atoms with Crippen molar-refractivity contribution >= 4 is 15.9 Å². The van der Waals surface area contributed by atoms with E-state index >= 15 is 0 Å². The van der Waals surface area contributed by atoms with E-state index < -0.39 is 16.1 Å². The molecule has 1 fully saturated rings. The van der Waals surface area contributed by atoms with Gasteiger partial charge in [0.15, 0.2) is 0 Å². The van der Waals surface area contributed by atoms with Crippen LogP contribution in [0.4, 0.5) is 0 Å². The average Bonchev–Trinajstić information content (AvgIpc) is 2.54. The first kappa shape index (κ1) is 16.3. The number of benzene rings is 1. The van der Waals surface area contributed by atoms with Gasteiger partial charge in [-0.05, 0) is 18.9 Å². The predicted molar refractivity (Wildman–Crippen MR) is 86.6 cm³/mol. The van der Waals surface area contributed by atoms with E-state index in [1.807, 2.05) is 24.3 Å². The lowest BCUT2D eigenvalue weighted by Crippen LogP contribution is -2.52. The number of sulfonamides is 1. The lowest BCUT2D eigenvalue weighted by Gasteiger charge is -2.34. The van der Waals surface area contributed by atoms with E-state index in [-0.39, 0.29) is 11.9 Å². The molecular weight excluding hydrogens is 316 g/mol. The van der Waals surface area contributed by atoms with Crippen molar-refractivity contribution in [3.05, 3.63) is 29.8 Å². The Kier molecular flexibility index (Phi) is 4.59. The van der Waals surface area contributed by atoms with Crippen LogP contribution in [0.5, 0.6) is 5.75 Å². The second-order valence-electron chi connectivity index (χ2n) is 6.12. The van der Waals surface area contributed by atoms with E-state index in [4.69, 9.17) is 4.74 Å². The van der Waals surface area contributed by atoms with Gasteiger partial charge in [0.1, 0.15) is 11.8 Å². The van der Waals surface area contributed by atoms with Gasteiger partial charge in [-0.1, -0.05) is 24.6 Å². The predicted octanol–water partition coefficient (Wildman–Crippen LogP) is 1.44. The van der Waals surface area contributed by atoms with Crippen molar-refractivity contribution in [1.29, 1.82) is 0 Å². The molecule has 126 valence electrons. The Balaban J connectivity index is 1.76. The van der Waals surface area contributed by atoms with Gasteiger partial charge in [0.2, 0.25) is 15.9 Å². The highest BCUT2D eigenvalue weighted by Gasteiger charge is 2.36. The molecule has 0 saturated carbocycles. The number of carbonyl (C=O) groups excluding carboxylic acids is 1. The van der Waals surface area contributed by atoms with Crippen LogP contribution in [0.3, 0.4) is 0 Å². The van der Waals surface area contributed by atoms with Gasteiger partial charge in [0.05, 0.1) is 18.9 Å². The van der Waals surface area contributed by atoms with E-state index in [9.17, 15) is 13.2 Å². The zero-order chi connectivity index (χ0) is 16.4. The average molecular weight is 338 g/mol. The highest BCUT2D eigenvalue weighted by atomic mass is 32.2. The largest absolute Gasteiger partial charge is 0.493 e. The summed E-state index contributed by atoms with van der Waals surface area (Å²) in [4.78, 5) is 12.7. The fourth-order valence-electron chi connectivity index (χ4n) is 3.32. The molecule has 0 bridgehead atoms. The van der Waals surface area contributed by atoms with Crippen LogP contribution in [0, 0.1) is 0 Å². The maximum absolute atomic E-state index is 12.7. The summed E-state index contributed by atoms with van der Waals surface area (Å²) in [7, 11) is -3.37. The summed E-state index contributed by atoms with van der Waals surface area (Å²) in [6, 6.07) is 6.90. The van der Waals surface area contributed by atoms with Crippen LogP contribution < -0.4 is 10.1 Å². The Morgan fingerprint density at radius 1 is 1.26 bits per heavy atom. The molecule has 1 aromatic rings. The number of hydrogen-bond acceptors (Lipinski definition) is 4. The van der Waals surface area contributed by atoms with Crippen LogP contribution in [0.25, 0.3) is 0 Å². The molecule has 1 amide bonds. The lowest BCUT2D eigenvalue weighted by atomic mass is 9.99. The number of rotatable bonds is 3. The SMILES string of the molecule is CS(=O)(=O)N1CCCC[C@@H]1C(=O)N[C@H]1CCOc2ccccc21. The van der Waals surface area contributed by atoms with Crippen LogP contribution in [-0.4, -0.2) is 44.1 Å². The molecule has 23 heavy (non-hydrogen) atoms. The summed E-state index contributed by atoms with van der Waals surface area (Å²) in [5.41, 5.74) is 0.953. The van der Waals surface area contributed by atoms with Gasteiger partial charge in [0, 0.05) is 18.5 Å². The zero-order valence-corrected chi connectivity index (χ0v) is 14.0. The molecule has 0 spiro atoms. The third-order valence-electron chi connectivity index (χ3n) is 4.46. The summed E-state index contributed by atoms with van der Waals surface area (Å²) < 4.78 is 30.8. The smallest absolute Gasteiger partial charge is 0.238 e. The molecule has 0 aliphatic carbocycles. The van der Waals surface area contributed by atoms with Crippen molar-refractivity contribution in [2.45, 2.75) is 37.8 Å². The molecule has 2 heterocycles. The number of amides is 1. The van der Waals surface area contributed by atoms with E-state index in [1.165, 1.54) is 10.6 Å². The van der Waals surface area contributed by atoms with Crippen molar-refractivity contribution in [3.8, 4) is 5.75 Å². The van der Waals surface area contributed by atoms with Crippen LogP contribution in [0.1, 0.15) is 37.3 Å².